The molecule has 0 aliphatic rings. The number of hydrogen-bond donors (Lipinski definition) is 1. The van der Waals surface area contributed by atoms with E-state index < -0.39 is 0 Å². The Bertz CT molecular complexity index is 312. The second-order valence-electron chi connectivity index (χ2n) is 4.45. The molecule has 0 fully saturated rings. The number of rotatable bonds is 8. The number of para-hydroxylation sites is 1. The topological polar surface area (TPSA) is 21.3 Å². The van der Waals surface area contributed by atoms with Gasteiger partial charge in [0.25, 0.3) is 0 Å². The third kappa shape index (κ3) is 5.22. The molecule has 0 aliphatic heterocycles. The first kappa shape index (κ1) is 14.0. The molecule has 1 N–H and O–H groups in total. The molecule has 0 heterocycles. The van der Waals surface area contributed by atoms with Crippen molar-refractivity contribution in [3.8, 4) is 5.75 Å². The van der Waals surface area contributed by atoms with Gasteiger partial charge in [0.1, 0.15) is 5.75 Å². The molecule has 0 radical (unpaired) electrons. The molecule has 1 unspecified atom stereocenters. The average molecular weight is 235 g/mol. The highest BCUT2D eigenvalue weighted by molar-refractivity contribution is 5.33. The van der Waals surface area contributed by atoms with E-state index in [1.807, 2.05) is 13.0 Å². The van der Waals surface area contributed by atoms with Gasteiger partial charge in [-0.15, -0.1) is 0 Å². The summed E-state index contributed by atoms with van der Waals surface area (Å²) in [7, 11) is 0. The third-order valence-electron chi connectivity index (χ3n) is 2.82. The Morgan fingerprint density at radius 3 is 2.71 bits per heavy atom. The smallest absolute Gasteiger partial charge is 0.122 e. The van der Waals surface area contributed by atoms with Crippen molar-refractivity contribution in [1.29, 1.82) is 0 Å². The van der Waals surface area contributed by atoms with Crippen molar-refractivity contribution in [3.63, 3.8) is 0 Å². The Morgan fingerprint density at radius 1 is 1.24 bits per heavy atom. The quantitative estimate of drug-likeness (QED) is 0.697. The largest absolute Gasteiger partial charge is 0.494 e. The van der Waals surface area contributed by atoms with Crippen molar-refractivity contribution in [2.45, 2.75) is 46.1 Å². The van der Waals surface area contributed by atoms with Gasteiger partial charge in [0.15, 0.2) is 0 Å². The highest BCUT2D eigenvalue weighted by atomic mass is 16.5. The van der Waals surface area contributed by atoms with Crippen LogP contribution in [0.1, 0.15) is 39.2 Å². The van der Waals surface area contributed by atoms with Crippen molar-refractivity contribution in [1.82, 2.24) is 5.32 Å². The third-order valence-corrected chi connectivity index (χ3v) is 2.82. The van der Waals surface area contributed by atoms with E-state index in [9.17, 15) is 0 Å². The lowest BCUT2D eigenvalue weighted by Crippen LogP contribution is -2.29. The molecule has 0 spiro atoms. The molecule has 2 heteroatoms. The van der Waals surface area contributed by atoms with E-state index in [0.717, 1.165) is 25.3 Å². The van der Waals surface area contributed by atoms with Crippen LogP contribution in [0.4, 0.5) is 0 Å². The summed E-state index contributed by atoms with van der Waals surface area (Å²) in [5, 5.41) is 3.55. The number of ether oxygens (including phenoxy) is 1. The lowest BCUT2D eigenvalue weighted by molar-refractivity contribution is 0.335. The van der Waals surface area contributed by atoms with Crippen LogP contribution in [0.15, 0.2) is 24.3 Å². The first-order valence-electron chi connectivity index (χ1n) is 6.72. The number of nitrogens with one attached hydrogen (secondary N) is 1. The van der Waals surface area contributed by atoms with Crippen LogP contribution in [0, 0.1) is 0 Å². The van der Waals surface area contributed by atoms with Gasteiger partial charge in [-0.3, -0.25) is 0 Å². The predicted octanol–water partition coefficient (Wildman–Crippen LogP) is 3.41. The van der Waals surface area contributed by atoms with E-state index in [1.165, 1.54) is 18.4 Å². The maximum atomic E-state index is 5.64. The van der Waals surface area contributed by atoms with Crippen LogP contribution in [-0.4, -0.2) is 19.2 Å². The predicted molar refractivity (Wildman–Crippen MR) is 73.7 cm³/mol. The zero-order valence-corrected chi connectivity index (χ0v) is 11.3. The fourth-order valence-electron chi connectivity index (χ4n) is 1.90. The Morgan fingerprint density at radius 2 is 2.00 bits per heavy atom. The molecular formula is C15H25NO. The van der Waals surface area contributed by atoms with Crippen LogP contribution in [0.3, 0.4) is 0 Å². The van der Waals surface area contributed by atoms with Gasteiger partial charge in [0.05, 0.1) is 6.61 Å². The zero-order chi connectivity index (χ0) is 12.5. The van der Waals surface area contributed by atoms with Crippen molar-refractivity contribution in [3.05, 3.63) is 29.8 Å². The van der Waals surface area contributed by atoms with Crippen LogP contribution in [0.5, 0.6) is 5.75 Å². The number of benzene rings is 1. The highest BCUT2D eigenvalue weighted by Crippen LogP contribution is 2.19. The summed E-state index contributed by atoms with van der Waals surface area (Å²) in [6.45, 7) is 8.32. The molecule has 96 valence electrons. The van der Waals surface area contributed by atoms with E-state index in [4.69, 9.17) is 4.74 Å². The highest BCUT2D eigenvalue weighted by Gasteiger charge is 2.07. The second-order valence-corrected chi connectivity index (χ2v) is 4.45. The number of hydrogen-bond acceptors (Lipinski definition) is 2. The molecule has 0 bridgehead atoms. The van der Waals surface area contributed by atoms with E-state index in [0.29, 0.717) is 6.04 Å². The van der Waals surface area contributed by atoms with Crippen LogP contribution in [0.2, 0.25) is 0 Å². The van der Waals surface area contributed by atoms with Gasteiger partial charge in [-0.25, -0.2) is 0 Å². The van der Waals surface area contributed by atoms with Gasteiger partial charge in [0, 0.05) is 6.04 Å². The second kappa shape index (κ2) is 8.13. The van der Waals surface area contributed by atoms with Gasteiger partial charge in [-0.1, -0.05) is 31.5 Å². The van der Waals surface area contributed by atoms with Gasteiger partial charge in [-0.05, 0) is 44.9 Å². The van der Waals surface area contributed by atoms with Gasteiger partial charge in [-0.2, -0.15) is 0 Å². The lowest BCUT2D eigenvalue weighted by Gasteiger charge is -2.16. The van der Waals surface area contributed by atoms with E-state index in [-0.39, 0.29) is 0 Å². The summed E-state index contributed by atoms with van der Waals surface area (Å²) in [5.74, 6) is 1.03. The molecule has 17 heavy (non-hydrogen) atoms. The standard InChI is InChI=1S/C15H25NO/c1-4-6-11-16-13(3)12-14-9-7-8-10-15(14)17-5-2/h7-10,13,16H,4-6,11-12H2,1-3H3. The van der Waals surface area contributed by atoms with Gasteiger partial charge >= 0.3 is 0 Å². The lowest BCUT2D eigenvalue weighted by atomic mass is 10.1. The minimum Gasteiger partial charge on any atom is -0.494 e. The summed E-state index contributed by atoms with van der Waals surface area (Å²) in [5.41, 5.74) is 1.30. The normalized spacial score (nSPS) is 12.4. The molecular weight excluding hydrogens is 210 g/mol. The SMILES string of the molecule is CCCCNC(C)Cc1ccccc1OCC. The van der Waals surface area contributed by atoms with Crippen molar-refractivity contribution in [2.75, 3.05) is 13.2 Å². The minimum atomic E-state index is 0.503. The van der Waals surface area contributed by atoms with Crippen LogP contribution in [0.25, 0.3) is 0 Å². The Hall–Kier alpha value is -1.02. The maximum Gasteiger partial charge on any atom is 0.122 e. The fourth-order valence-corrected chi connectivity index (χ4v) is 1.90. The Labute approximate surface area is 105 Å². The summed E-state index contributed by atoms with van der Waals surface area (Å²) in [6.07, 6.45) is 3.52. The number of unbranched alkanes of at least 4 members (excludes halogenated alkanes) is 1. The van der Waals surface area contributed by atoms with Crippen LogP contribution < -0.4 is 10.1 Å². The molecule has 0 saturated heterocycles. The summed E-state index contributed by atoms with van der Waals surface area (Å²) in [4.78, 5) is 0. The van der Waals surface area contributed by atoms with E-state index >= 15 is 0 Å². The van der Waals surface area contributed by atoms with E-state index in [1.54, 1.807) is 0 Å². The van der Waals surface area contributed by atoms with Crippen molar-refractivity contribution in [2.24, 2.45) is 0 Å². The monoisotopic (exact) mass is 235 g/mol. The molecule has 0 aromatic heterocycles. The summed E-state index contributed by atoms with van der Waals surface area (Å²) >= 11 is 0. The van der Waals surface area contributed by atoms with Crippen LogP contribution >= 0.6 is 0 Å². The molecule has 2 nitrogen and oxygen atoms in total. The molecule has 1 aromatic rings. The van der Waals surface area contributed by atoms with Crippen LogP contribution in [-0.2, 0) is 6.42 Å². The minimum absolute atomic E-state index is 0.503. The average Bonchev–Trinajstić information content (AvgIpc) is 2.32. The maximum absolute atomic E-state index is 5.64. The van der Waals surface area contributed by atoms with Crippen molar-refractivity contribution >= 4 is 0 Å². The molecule has 0 aliphatic carbocycles. The molecule has 1 atom stereocenters. The molecule has 0 amide bonds. The molecule has 1 aromatic carbocycles. The van der Waals surface area contributed by atoms with Gasteiger partial charge in [0.2, 0.25) is 0 Å². The van der Waals surface area contributed by atoms with Crippen molar-refractivity contribution < 1.29 is 4.74 Å². The summed E-state index contributed by atoms with van der Waals surface area (Å²) in [6, 6.07) is 8.82. The Kier molecular flexibility index (Phi) is 6.71. The first-order valence-corrected chi connectivity index (χ1v) is 6.72. The fraction of sp³-hybridized carbons (Fsp3) is 0.600. The summed E-state index contributed by atoms with van der Waals surface area (Å²) < 4.78 is 5.64. The van der Waals surface area contributed by atoms with E-state index in [2.05, 4.69) is 37.4 Å². The first-order chi connectivity index (χ1) is 8.27. The molecule has 1 rings (SSSR count). The molecule has 0 saturated carbocycles. The zero-order valence-electron chi connectivity index (χ0n) is 11.3. The van der Waals surface area contributed by atoms with Gasteiger partial charge < -0.3 is 10.1 Å². The Balaban J connectivity index is 2.48.